The van der Waals surface area contributed by atoms with E-state index in [4.69, 9.17) is 0 Å². The number of nitrogens with zero attached hydrogens (tertiary/aromatic N) is 2. The third-order valence-electron chi connectivity index (χ3n) is 5.26. The van der Waals surface area contributed by atoms with Crippen molar-refractivity contribution in [3.63, 3.8) is 0 Å². The van der Waals surface area contributed by atoms with Gasteiger partial charge in [0.15, 0.2) is 0 Å². The number of amides is 1. The Kier molecular flexibility index (Phi) is 4.41. The minimum atomic E-state index is -0.230. The van der Waals surface area contributed by atoms with Gasteiger partial charge >= 0.3 is 0 Å². The van der Waals surface area contributed by atoms with E-state index >= 15 is 0 Å². The Morgan fingerprint density at radius 3 is 2.65 bits per heavy atom. The van der Waals surface area contributed by atoms with Crippen molar-refractivity contribution in [2.45, 2.75) is 58.0 Å². The van der Waals surface area contributed by atoms with E-state index in [9.17, 15) is 10.1 Å². The monoisotopic (exact) mass is 311 g/mol. The first kappa shape index (κ1) is 16.0. The quantitative estimate of drug-likeness (QED) is 0.913. The van der Waals surface area contributed by atoms with E-state index in [1.807, 2.05) is 0 Å². The van der Waals surface area contributed by atoms with Crippen molar-refractivity contribution < 1.29 is 4.79 Å². The summed E-state index contributed by atoms with van der Waals surface area (Å²) in [5, 5.41) is 12.6. The molecule has 2 saturated heterocycles. The number of nitriles is 1. The second kappa shape index (κ2) is 6.33. The SMILES string of the molecule is Cc1cc(C)c([C@@H]2CN[C@H](C(=O)N3CCC[C@H]3C#N)C2)c(C)c1. The molecule has 4 nitrogen and oxygen atoms in total. The minimum absolute atomic E-state index is 0.110. The molecule has 1 aromatic carbocycles. The van der Waals surface area contributed by atoms with Crippen LogP contribution in [0.1, 0.15) is 47.4 Å². The molecule has 122 valence electrons. The Morgan fingerprint density at radius 2 is 2.00 bits per heavy atom. The van der Waals surface area contributed by atoms with Gasteiger partial charge in [0.1, 0.15) is 6.04 Å². The number of hydrogen-bond donors (Lipinski definition) is 1. The third-order valence-corrected chi connectivity index (χ3v) is 5.26. The molecule has 2 fully saturated rings. The van der Waals surface area contributed by atoms with Crippen molar-refractivity contribution >= 4 is 5.91 Å². The number of nitrogens with one attached hydrogen (secondary N) is 1. The average molecular weight is 311 g/mol. The standard InChI is InChI=1S/C19H25N3O/c1-12-7-13(2)18(14(3)8-12)15-9-17(21-11-15)19(23)22-6-4-5-16(22)10-20/h7-8,15-17,21H,4-6,9,11H2,1-3H3/t15-,16-,17-/m0/s1. The zero-order valence-corrected chi connectivity index (χ0v) is 14.2. The predicted molar refractivity (Wildman–Crippen MR) is 90.1 cm³/mol. The number of carbonyl (C=O) groups is 1. The number of rotatable bonds is 2. The summed E-state index contributed by atoms with van der Waals surface area (Å²) in [4.78, 5) is 14.5. The van der Waals surface area contributed by atoms with Gasteiger partial charge in [-0.15, -0.1) is 0 Å². The fourth-order valence-corrected chi connectivity index (χ4v) is 4.34. The van der Waals surface area contributed by atoms with Crippen LogP contribution in [0.4, 0.5) is 0 Å². The third kappa shape index (κ3) is 2.98. The lowest BCUT2D eigenvalue weighted by Gasteiger charge is -2.23. The Balaban J connectivity index is 1.74. The Hall–Kier alpha value is -1.86. The molecule has 1 aromatic rings. The van der Waals surface area contributed by atoms with E-state index in [0.29, 0.717) is 5.92 Å². The van der Waals surface area contributed by atoms with Gasteiger partial charge < -0.3 is 10.2 Å². The van der Waals surface area contributed by atoms with Gasteiger partial charge in [0, 0.05) is 13.1 Å². The summed E-state index contributed by atoms with van der Waals surface area (Å²) in [6, 6.07) is 6.34. The average Bonchev–Trinajstić information content (AvgIpc) is 3.14. The molecule has 0 radical (unpaired) electrons. The van der Waals surface area contributed by atoms with Gasteiger partial charge in [0.2, 0.25) is 5.91 Å². The van der Waals surface area contributed by atoms with Crippen molar-refractivity contribution in [3.8, 4) is 6.07 Å². The molecule has 0 spiro atoms. The van der Waals surface area contributed by atoms with Crippen LogP contribution >= 0.6 is 0 Å². The van der Waals surface area contributed by atoms with E-state index in [0.717, 1.165) is 32.4 Å². The highest BCUT2D eigenvalue weighted by molar-refractivity contribution is 5.83. The van der Waals surface area contributed by atoms with E-state index in [1.165, 1.54) is 22.3 Å². The first-order chi connectivity index (χ1) is 11.0. The molecule has 2 aliphatic rings. The lowest BCUT2D eigenvalue weighted by atomic mass is 9.87. The number of likely N-dealkylation sites (tertiary alicyclic amines) is 1. The predicted octanol–water partition coefficient (Wildman–Crippen LogP) is 2.57. The zero-order chi connectivity index (χ0) is 16.6. The highest BCUT2D eigenvalue weighted by Crippen LogP contribution is 2.32. The number of hydrogen-bond acceptors (Lipinski definition) is 3. The Bertz CT molecular complexity index is 638. The van der Waals surface area contributed by atoms with Crippen LogP contribution in [0.5, 0.6) is 0 Å². The highest BCUT2D eigenvalue weighted by atomic mass is 16.2. The summed E-state index contributed by atoms with van der Waals surface area (Å²) < 4.78 is 0. The fourth-order valence-electron chi connectivity index (χ4n) is 4.34. The van der Waals surface area contributed by atoms with Crippen molar-refractivity contribution in [2.24, 2.45) is 0 Å². The Morgan fingerprint density at radius 1 is 1.30 bits per heavy atom. The lowest BCUT2D eigenvalue weighted by molar-refractivity contribution is -0.133. The van der Waals surface area contributed by atoms with Crippen LogP contribution < -0.4 is 5.32 Å². The molecule has 1 amide bonds. The summed E-state index contributed by atoms with van der Waals surface area (Å²) in [6.45, 7) is 8.01. The van der Waals surface area contributed by atoms with Crippen LogP contribution in [0, 0.1) is 32.1 Å². The van der Waals surface area contributed by atoms with Gasteiger partial charge in [-0.2, -0.15) is 5.26 Å². The molecule has 3 rings (SSSR count). The maximum absolute atomic E-state index is 12.7. The van der Waals surface area contributed by atoms with Gasteiger partial charge in [0.25, 0.3) is 0 Å². The van der Waals surface area contributed by atoms with E-state index in [1.54, 1.807) is 4.90 Å². The normalized spacial score (nSPS) is 27.2. The summed E-state index contributed by atoms with van der Waals surface area (Å²) in [7, 11) is 0. The van der Waals surface area contributed by atoms with E-state index < -0.39 is 0 Å². The second-order valence-electron chi connectivity index (χ2n) is 7.02. The zero-order valence-electron chi connectivity index (χ0n) is 14.2. The van der Waals surface area contributed by atoms with Gasteiger partial charge in [0.05, 0.1) is 12.1 Å². The number of benzene rings is 1. The Labute approximate surface area is 138 Å². The smallest absolute Gasteiger partial charge is 0.240 e. The topological polar surface area (TPSA) is 56.1 Å². The van der Waals surface area contributed by atoms with Crippen molar-refractivity contribution in [2.75, 3.05) is 13.1 Å². The van der Waals surface area contributed by atoms with Crippen molar-refractivity contribution in [1.82, 2.24) is 10.2 Å². The van der Waals surface area contributed by atoms with Crippen LogP contribution in [0.15, 0.2) is 12.1 Å². The molecule has 2 aliphatic heterocycles. The molecule has 0 bridgehead atoms. The molecule has 4 heteroatoms. The van der Waals surface area contributed by atoms with Crippen LogP contribution in [0.25, 0.3) is 0 Å². The maximum atomic E-state index is 12.7. The van der Waals surface area contributed by atoms with Gasteiger partial charge in [-0.05, 0) is 62.6 Å². The van der Waals surface area contributed by atoms with Crippen molar-refractivity contribution in [3.05, 3.63) is 34.4 Å². The second-order valence-corrected chi connectivity index (χ2v) is 7.02. The minimum Gasteiger partial charge on any atom is -0.325 e. The van der Waals surface area contributed by atoms with Crippen LogP contribution in [0.3, 0.4) is 0 Å². The maximum Gasteiger partial charge on any atom is 0.240 e. The number of carbonyl (C=O) groups excluding carboxylic acids is 1. The number of aryl methyl sites for hydroxylation is 3. The van der Waals surface area contributed by atoms with Gasteiger partial charge in [-0.25, -0.2) is 0 Å². The molecular formula is C19H25N3O. The molecule has 0 saturated carbocycles. The molecule has 0 aromatic heterocycles. The summed E-state index contributed by atoms with van der Waals surface area (Å²) in [6.07, 6.45) is 2.59. The van der Waals surface area contributed by atoms with E-state index in [2.05, 4.69) is 44.3 Å². The molecule has 0 unspecified atom stereocenters. The molecule has 1 N–H and O–H groups in total. The van der Waals surface area contributed by atoms with Crippen LogP contribution in [-0.2, 0) is 4.79 Å². The molecule has 0 aliphatic carbocycles. The molecule has 3 atom stereocenters. The summed E-state index contributed by atoms with van der Waals surface area (Å²) in [5.74, 6) is 0.492. The fraction of sp³-hybridized carbons (Fsp3) is 0.579. The van der Waals surface area contributed by atoms with E-state index in [-0.39, 0.29) is 18.0 Å². The van der Waals surface area contributed by atoms with Crippen LogP contribution in [0.2, 0.25) is 0 Å². The summed E-state index contributed by atoms with van der Waals surface area (Å²) in [5.41, 5.74) is 5.31. The molecular weight excluding hydrogens is 286 g/mol. The largest absolute Gasteiger partial charge is 0.325 e. The lowest BCUT2D eigenvalue weighted by Crippen LogP contribution is -2.45. The van der Waals surface area contributed by atoms with Crippen LogP contribution in [-0.4, -0.2) is 36.0 Å². The van der Waals surface area contributed by atoms with Crippen molar-refractivity contribution in [1.29, 1.82) is 5.26 Å². The first-order valence-corrected chi connectivity index (χ1v) is 8.52. The summed E-state index contributed by atoms with van der Waals surface area (Å²) >= 11 is 0. The first-order valence-electron chi connectivity index (χ1n) is 8.52. The molecule has 23 heavy (non-hydrogen) atoms. The molecule has 2 heterocycles. The highest BCUT2D eigenvalue weighted by Gasteiger charge is 2.37. The van der Waals surface area contributed by atoms with Gasteiger partial charge in [-0.3, -0.25) is 4.79 Å². The van der Waals surface area contributed by atoms with Gasteiger partial charge in [-0.1, -0.05) is 17.7 Å².